The van der Waals surface area contributed by atoms with E-state index < -0.39 is 37.9 Å². The maximum atomic E-state index is 12.3. The Kier molecular flexibility index (Phi) is 7.48. The van der Waals surface area contributed by atoms with E-state index in [0.29, 0.717) is 5.56 Å². The number of hydrogen-bond donors (Lipinski definition) is 3. The van der Waals surface area contributed by atoms with Crippen molar-refractivity contribution in [3.05, 3.63) is 65.6 Å². The third-order valence-corrected chi connectivity index (χ3v) is 6.31. The minimum Gasteiger partial charge on any atom is -0.325 e. The lowest BCUT2D eigenvalue weighted by Crippen LogP contribution is -2.40. The second kappa shape index (κ2) is 9.65. The molecule has 2 aromatic carbocycles. The lowest BCUT2D eigenvalue weighted by atomic mass is 10.2. The third kappa shape index (κ3) is 7.10. The van der Waals surface area contributed by atoms with Crippen molar-refractivity contribution in [2.24, 2.45) is 0 Å². The summed E-state index contributed by atoms with van der Waals surface area (Å²) in [5.41, 5.74) is 0.946. The summed E-state index contributed by atoms with van der Waals surface area (Å²) in [7, 11) is -7.85. The van der Waals surface area contributed by atoms with Crippen molar-refractivity contribution in [3.63, 3.8) is 0 Å². The van der Waals surface area contributed by atoms with Gasteiger partial charge in [0.05, 0.1) is 10.9 Å². The Morgan fingerprint density at radius 2 is 1.53 bits per heavy atom. The summed E-state index contributed by atoms with van der Waals surface area (Å²) in [6.07, 6.45) is 1.40. The second-order valence-electron chi connectivity index (χ2n) is 6.27. The molecule has 0 saturated carbocycles. The highest BCUT2D eigenvalue weighted by molar-refractivity contribution is 7.92. The van der Waals surface area contributed by atoms with E-state index in [0.717, 1.165) is 12.3 Å². The Hall–Kier alpha value is -3.02. The van der Waals surface area contributed by atoms with Crippen LogP contribution in [0.25, 0.3) is 6.08 Å². The van der Waals surface area contributed by atoms with Crippen LogP contribution in [-0.2, 0) is 29.6 Å². The minimum absolute atomic E-state index is 0.157. The zero-order valence-electron chi connectivity index (χ0n) is 16.2. The van der Waals surface area contributed by atoms with Crippen molar-refractivity contribution in [1.29, 1.82) is 0 Å². The van der Waals surface area contributed by atoms with Gasteiger partial charge < -0.3 is 5.32 Å². The number of rotatable bonds is 8. The SMILES string of the molecule is CC(=O)NS(=O)(=O)c1ccc(NC(=O)C(C)NS(=O)(=O)/C=C/c2ccccc2)cc1. The van der Waals surface area contributed by atoms with Gasteiger partial charge in [-0.05, 0) is 42.8 Å². The largest absolute Gasteiger partial charge is 0.325 e. The van der Waals surface area contributed by atoms with Crippen LogP contribution in [0.15, 0.2) is 64.9 Å². The molecule has 2 aromatic rings. The number of carbonyl (C=O) groups excluding carboxylic acids is 2. The molecule has 0 aliphatic rings. The summed E-state index contributed by atoms with van der Waals surface area (Å²) >= 11 is 0. The number of amides is 2. The van der Waals surface area contributed by atoms with Gasteiger partial charge in [-0.2, -0.15) is 4.72 Å². The van der Waals surface area contributed by atoms with Crippen LogP contribution in [0.3, 0.4) is 0 Å². The molecule has 1 atom stereocenters. The highest BCUT2D eigenvalue weighted by Gasteiger charge is 2.19. The summed E-state index contributed by atoms with van der Waals surface area (Å²) in [4.78, 5) is 23.1. The summed E-state index contributed by atoms with van der Waals surface area (Å²) < 4.78 is 52.1. The van der Waals surface area contributed by atoms with Gasteiger partial charge in [-0.3, -0.25) is 9.59 Å². The quantitative estimate of drug-likeness (QED) is 0.555. The van der Waals surface area contributed by atoms with Gasteiger partial charge in [-0.25, -0.2) is 21.6 Å². The van der Waals surface area contributed by atoms with E-state index in [4.69, 9.17) is 0 Å². The number of sulfonamides is 2. The average molecular weight is 452 g/mol. The van der Waals surface area contributed by atoms with E-state index >= 15 is 0 Å². The molecule has 0 saturated heterocycles. The first-order valence-electron chi connectivity index (χ1n) is 8.68. The maximum Gasteiger partial charge on any atom is 0.264 e. The summed E-state index contributed by atoms with van der Waals surface area (Å²) in [6, 6.07) is 12.8. The van der Waals surface area contributed by atoms with Crippen LogP contribution in [0.2, 0.25) is 0 Å². The third-order valence-electron chi connectivity index (χ3n) is 3.68. The Morgan fingerprint density at radius 3 is 2.10 bits per heavy atom. The molecule has 0 aromatic heterocycles. The molecule has 0 fully saturated rings. The molecule has 11 heteroatoms. The van der Waals surface area contributed by atoms with Gasteiger partial charge >= 0.3 is 0 Å². The number of nitrogens with one attached hydrogen (secondary N) is 3. The van der Waals surface area contributed by atoms with Gasteiger partial charge in [0.2, 0.25) is 21.8 Å². The van der Waals surface area contributed by atoms with Crippen molar-refractivity contribution in [2.45, 2.75) is 24.8 Å². The lowest BCUT2D eigenvalue weighted by Gasteiger charge is -2.13. The van der Waals surface area contributed by atoms with E-state index in [-0.39, 0.29) is 10.6 Å². The van der Waals surface area contributed by atoms with Crippen molar-refractivity contribution in [1.82, 2.24) is 9.44 Å². The van der Waals surface area contributed by atoms with Crippen LogP contribution in [0.4, 0.5) is 5.69 Å². The molecule has 0 radical (unpaired) electrons. The number of hydrogen-bond acceptors (Lipinski definition) is 6. The highest BCUT2D eigenvalue weighted by Crippen LogP contribution is 2.14. The van der Waals surface area contributed by atoms with Crippen molar-refractivity contribution in [2.75, 3.05) is 5.32 Å². The van der Waals surface area contributed by atoms with E-state index in [1.807, 2.05) is 4.72 Å². The molecule has 30 heavy (non-hydrogen) atoms. The van der Waals surface area contributed by atoms with Crippen LogP contribution < -0.4 is 14.8 Å². The van der Waals surface area contributed by atoms with Gasteiger partial charge in [0, 0.05) is 18.0 Å². The van der Waals surface area contributed by atoms with Gasteiger partial charge in [0.15, 0.2) is 0 Å². The number of anilines is 1. The number of carbonyl (C=O) groups is 2. The Bertz CT molecular complexity index is 1140. The molecule has 9 nitrogen and oxygen atoms in total. The standard InChI is InChI=1S/C19H21N3O6S2/c1-14(21-29(25,26)13-12-16-6-4-3-5-7-16)19(24)20-17-8-10-18(11-9-17)30(27,28)22-15(2)23/h3-14,21H,1-2H3,(H,20,24)(H,22,23)/b13-12+. The molecule has 2 rings (SSSR count). The van der Waals surface area contributed by atoms with E-state index in [2.05, 4.69) is 10.0 Å². The average Bonchev–Trinajstić information content (AvgIpc) is 2.66. The predicted octanol–water partition coefficient (Wildman–Crippen LogP) is 1.43. The first kappa shape index (κ1) is 23.3. The Morgan fingerprint density at radius 1 is 0.933 bits per heavy atom. The monoisotopic (exact) mass is 451 g/mol. The maximum absolute atomic E-state index is 12.3. The summed E-state index contributed by atoms with van der Waals surface area (Å²) in [5.74, 6) is -1.36. The molecule has 2 amide bonds. The van der Waals surface area contributed by atoms with Crippen LogP contribution in [0, 0.1) is 0 Å². The zero-order chi connectivity index (χ0) is 22.4. The molecule has 0 aliphatic heterocycles. The van der Waals surface area contributed by atoms with Crippen molar-refractivity contribution in [3.8, 4) is 0 Å². The Balaban J connectivity index is 2.00. The van der Waals surface area contributed by atoms with Crippen molar-refractivity contribution < 1.29 is 26.4 Å². The van der Waals surface area contributed by atoms with Gasteiger partial charge in [-0.15, -0.1) is 0 Å². The fourth-order valence-corrected chi connectivity index (χ4v) is 4.29. The van der Waals surface area contributed by atoms with E-state index in [1.54, 1.807) is 30.3 Å². The number of benzene rings is 2. The van der Waals surface area contributed by atoms with Crippen molar-refractivity contribution >= 4 is 43.6 Å². The normalized spacial score (nSPS) is 13.0. The molecule has 0 spiro atoms. The fraction of sp³-hybridized carbons (Fsp3) is 0.158. The molecular weight excluding hydrogens is 430 g/mol. The van der Waals surface area contributed by atoms with E-state index in [1.165, 1.54) is 37.3 Å². The lowest BCUT2D eigenvalue weighted by molar-refractivity contribution is -0.118. The first-order valence-corrected chi connectivity index (χ1v) is 11.7. The van der Waals surface area contributed by atoms with Crippen LogP contribution in [0.5, 0.6) is 0 Å². The minimum atomic E-state index is -3.99. The van der Waals surface area contributed by atoms with E-state index in [9.17, 15) is 26.4 Å². The van der Waals surface area contributed by atoms with Crippen LogP contribution in [-0.4, -0.2) is 34.7 Å². The molecule has 0 aliphatic carbocycles. The van der Waals surface area contributed by atoms with Gasteiger partial charge in [0.1, 0.15) is 0 Å². The predicted molar refractivity (Wildman–Crippen MR) is 113 cm³/mol. The van der Waals surface area contributed by atoms with Crippen LogP contribution in [0.1, 0.15) is 19.4 Å². The zero-order valence-corrected chi connectivity index (χ0v) is 17.8. The smallest absolute Gasteiger partial charge is 0.264 e. The molecule has 3 N–H and O–H groups in total. The molecule has 0 heterocycles. The molecule has 1 unspecified atom stereocenters. The molecule has 160 valence electrons. The highest BCUT2D eigenvalue weighted by atomic mass is 32.2. The fourth-order valence-electron chi connectivity index (χ4n) is 2.29. The van der Waals surface area contributed by atoms with Gasteiger partial charge in [-0.1, -0.05) is 30.3 Å². The second-order valence-corrected chi connectivity index (χ2v) is 9.55. The van der Waals surface area contributed by atoms with Crippen LogP contribution >= 0.6 is 0 Å². The topological polar surface area (TPSA) is 139 Å². The summed E-state index contributed by atoms with van der Waals surface area (Å²) in [5, 5.41) is 3.45. The molecular formula is C19H21N3O6S2. The molecule has 0 bridgehead atoms. The van der Waals surface area contributed by atoms with Gasteiger partial charge in [0.25, 0.3) is 10.0 Å². The first-order chi connectivity index (χ1) is 14.0. The summed E-state index contributed by atoms with van der Waals surface area (Å²) in [6.45, 7) is 2.45. The Labute approximate surface area is 175 Å².